The number of amides is 1. The van der Waals surface area contributed by atoms with Gasteiger partial charge in [-0.05, 0) is 24.5 Å². The lowest BCUT2D eigenvalue weighted by Gasteiger charge is -2.13. The van der Waals surface area contributed by atoms with Crippen molar-refractivity contribution >= 4 is 39.8 Å². The number of hydrogen-bond donors (Lipinski definition) is 2. The van der Waals surface area contributed by atoms with E-state index in [2.05, 4.69) is 9.69 Å². The number of benzene rings is 1. The number of anilines is 2. The lowest BCUT2D eigenvalue weighted by Crippen LogP contribution is -2.23. The summed E-state index contributed by atoms with van der Waals surface area (Å²) in [5, 5.41) is 15.8. The molecule has 2 N–H and O–H groups in total. The van der Waals surface area contributed by atoms with Crippen molar-refractivity contribution in [2.24, 2.45) is 0 Å². The summed E-state index contributed by atoms with van der Waals surface area (Å²) in [5.41, 5.74) is -2.38. The third-order valence-electron chi connectivity index (χ3n) is 3.42. The number of hydrogen-bond acceptors (Lipinski definition) is 8. The summed E-state index contributed by atoms with van der Waals surface area (Å²) in [5.74, 6) is -1.91. The van der Waals surface area contributed by atoms with Gasteiger partial charge in [0.15, 0.2) is 6.61 Å². The van der Waals surface area contributed by atoms with Crippen LogP contribution < -0.4 is 10.6 Å². The van der Waals surface area contributed by atoms with E-state index in [-0.39, 0.29) is 5.56 Å². The summed E-state index contributed by atoms with van der Waals surface area (Å²) in [7, 11) is 1.56. The molecule has 0 aliphatic heterocycles. The van der Waals surface area contributed by atoms with Crippen molar-refractivity contribution in [1.29, 1.82) is 0 Å². The van der Waals surface area contributed by atoms with Crippen molar-refractivity contribution < 1.29 is 32.4 Å². The van der Waals surface area contributed by atoms with Crippen molar-refractivity contribution in [2.45, 2.75) is 13.1 Å². The molecule has 0 radical (unpaired) electrons. The first-order chi connectivity index (χ1) is 13.0. The summed E-state index contributed by atoms with van der Waals surface area (Å²) in [6.07, 6.45) is -4.94. The molecule has 13 heteroatoms. The highest BCUT2D eigenvalue weighted by molar-refractivity contribution is 7.10. The molecule has 1 aromatic heterocycles. The van der Waals surface area contributed by atoms with Gasteiger partial charge in [0.1, 0.15) is 10.6 Å². The van der Waals surface area contributed by atoms with Crippen LogP contribution in [0.4, 0.5) is 29.5 Å². The molecule has 1 amide bonds. The molecule has 2 rings (SSSR count). The Morgan fingerprint density at radius 3 is 2.61 bits per heavy atom. The normalized spacial score (nSPS) is 11.0. The van der Waals surface area contributed by atoms with Crippen LogP contribution in [0.15, 0.2) is 18.2 Å². The number of rotatable bonds is 6. The van der Waals surface area contributed by atoms with Crippen LogP contribution in [0.2, 0.25) is 0 Å². The first kappa shape index (κ1) is 21.1. The standard InChI is InChI=1S/C15H13F3N4O5S/c1-7-12(13(19-2)28-21-7)14(24)27-6-11(23)20-10-4-3-8(22(25)26)5-9(10)15(16,17)18/h3-5,19H,6H2,1-2H3,(H,20,23). The summed E-state index contributed by atoms with van der Waals surface area (Å²) in [6, 6.07) is 1.88. The zero-order valence-electron chi connectivity index (χ0n) is 14.4. The number of aromatic nitrogens is 1. The van der Waals surface area contributed by atoms with E-state index in [0.717, 1.165) is 23.7 Å². The molecular formula is C15H13F3N4O5S. The Balaban J connectivity index is 2.12. The smallest absolute Gasteiger partial charge is 0.418 e. The summed E-state index contributed by atoms with van der Waals surface area (Å²) >= 11 is 1.01. The van der Waals surface area contributed by atoms with Gasteiger partial charge in [0, 0.05) is 19.2 Å². The predicted octanol–water partition coefficient (Wildman–Crippen LogP) is 3.22. The van der Waals surface area contributed by atoms with E-state index in [9.17, 15) is 32.9 Å². The number of carbonyl (C=O) groups excluding carboxylic acids is 2. The number of aryl methyl sites for hydroxylation is 1. The molecular weight excluding hydrogens is 405 g/mol. The Morgan fingerprint density at radius 2 is 2.04 bits per heavy atom. The monoisotopic (exact) mass is 418 g/mol. The van der Waals surface area contributed by atoms with Gasteiger partial charge in [0.25, 0.3) is 11.6 Å². The van der Waals surface area contributed by atoms with E-state index >= 15 is 0 Å². The van der Waals surface area contributed by atoms with Crippen LogP contribution in [0.1, 0.15) is 21.6 Å². The maximum Gasteiger partial charge on any atom is 0.418 e. The van der Waals surface area contributed by atoms with Crippen molar-refractivity contribution in [3.05, 3.63) is 45.1 Å². The zero-order valence-corrected chi connectivity index (χ0v) is 15.2. The average molecular weight is 418 g/mol. The number of ether oxygens (including phenoxy) is 1. The fourth-order valence-corrected chi connectivity index (χ4v) is 2.89. The molecule has 0 saturated carbocycles. The number of nitro benzene ring substituents is 1. The van der Waals surface area contributed by atoms with Gasteiger partial charge in [-0.3, -0.25) is 14.9 Å². The second-order valence-corrected chi connectivity index (χ2v) is 6.10. The van der Waals surface area contributed by atoms with Crippen LogP contribution in [0.25, 0.3) is 0 Å². The number of nitro groups is 1. The SMILES string of the molecule is CNc1snc(C)c1C(=O)OCC(=O)Nc1ccc([N+](=O)[O-])cc1C(F)(F)F. The molecule has 0 unspecified atom stereocenters. The van der Waals surface area contributed by atoms with Gasteiger partial charge in [0.05, 0.1) is 21.9 Å². The maximum atomic E-state index is 13.1. The van der Waals surface area contributed by atoms with E-state index in [1.807, 2.05) is 5.32 Å². The van der Waals surface area contributed by atoms with E-state index in [1.54, 1.807) is 14.0 Å². The quantitative estimate of drug-likeness (QED) is 0.419. The second kappa shape index (κ2) is 8.21. The minimum Gasteiger partial charge on any atom is -0.452 e. The molecule has 0 aliphatic carbocycles. The Bertz CT molecular complexity index is 929. The van der Waals surface area contributed by atoms with Crippen LogP contribution in [0.3, 0.4) is 0 Å². The van der Waals surface area contributed by atoms with Crippen LogP contribution in [-0.2, 0) is 15.7 Å². The molecule has 150 valence electrons. The number of non-ortho nitro benzene ring substituents is 1. The van der Waals surface area contributed by atoms with Crippen molar-refractivity contribution in [3.8, 4) is 0 Å². The highest BCUT2D eigenvalue weighted by Crippen LogP contribution is 2.37. The highest BCUT2D eigenvalue weighted by Gasteiger charge is 2.35. The zero-order chi connectivity index (χ0) is 21.1. The lowest BCUT2D eigenvalue weighted by molar-refractivity contribution is -0.385. The minimum atomic E-state index is -4.94. The number of halogens is 3. The lowest BCUT2D eigenvalue weighted by atomic mass is 10.1. The highest BCUT2D eigenvalue weighted by atomic mass is 32.1. The van der Waals surface area contributed by atoms with E-state index in [1.165, 1.54) is 0 Å². The van der Waals surface area contributed by atoms with Crippen molar-refractivity contribution in [1.82, 2.24) is 4.37 Å². The summed E-state index contributed by atoms with van der Waals surface area (Å²) < 4.78 is 48.1. The van der Waals surface area contributed by atoms with Crippen LogP contribution in [0.5, 0.6) is 0 Å². The van der Waals surface area contributed by atoms with Crippen molar-refractivity contribution in [3.63, 3.8) is 0 Å². The van der Waals surface area contributed by atoms with E-state index < -0.39 is 46.5 Å². The summed E-state index contributed by atoms with van der Waals surface area (Å²) in [4.78, 5) is 33.7. The van der Waals surface area contributed by atoms with Gasteiger partial charge in [-0.1, -0.05) is 0 Å². The van der Waals surface area contributed by atoms with Gasteiger partial charge >= 0.3 is 12.1 Å². The third-order valence-corrected chi connectivity index (χ3v) is 4.38. The molecule has 28 heavy (non-hydrogen) atoms. The molecule has 0 aliphatic rings. The molecule has 0 spiro atoms. The molecule has 0 bridgehead atoms. The molecule has 1 heterocycles. The number of carbonyl (C=O) groups is 2. The van der Waals surface area contributed by atoms with Crippen LogP contribution >= 0.6 is 11.5 Å². The van der Waals surface area contributed by atoms with Crippen LogP contribution in [0, 0.1) is 17.0 Å². The fourth-order valence-electron chi connectivity index (χ4n) is 2.16. The Hall–Kier alpha value is -3.22. The minimum absolute atomic E-state index is 0.117. The molecule has 2 aromatic rings. The number of alkyl halides is 3. The molecule has 0 saturated heterocycles. The molecule has 0 atom stereocenters. The van der Waals surface area contributed by atoms with Gasteiger partial charge in [0.2, 0.25) is 0 Å². The molecule has 9 nitrogen and oxygen atoms in total. The molecule has 0 fully saturated rings. The topological polar surface area (TPSA) is 123 Å². The summed E-state index contributed by atoms with van der Waals surface area (Å²) in [6.45, 7) is 0.700. The predicted molar refractivity (Wildman–Crippen MR) is 93.4 cm³/mol. The van der Waals surface area contributed by atoms with Gasteiger partial charge in [-0.2, -0.15) is 17.5 Å². The first-order valence-corrected chi connectivity index (χ1v) is 8.28. The Morgan fingerprint density at radius 1 is 1.36 bits per heavy atom. The third kappa shape index (κ3) is 4.73. The van der Waals surface area contributed by atoms with Gasteiger partial charge < -0.3 is 15.4 Å². The number of esters is 1. The Labute approximate surface area is 159 Å². The first-order valence-electron chi connectivity index (χ1n) is 7.51. The number of nitrogens with one attached hydrogen (secondary N) is 2. The van der Waals surface area contributed by atoms with Crippen LogP contribution in [-0.4, -0.2) is 34.8 Å². The van der Waals surface area contributed by atoms with Gasteiger partial charge in [-0.25, -0.2) is 4.79 Å². The fraction of sp³-hybridized carbons (Fsp3) is 0.267. The maximum absolute atomic E-state index is 13.1. The van der Waals surface area contributed by atoms with E-state index in [4.69, 9.17) is 4.74 Å². The second-order valence-electron chi connectivity index (χ2n) is 5.33. The number of nitrogens with zero attached hydrogens (tertiary/aromatic N) is 2. The van der Waals surface area contributed by atoms with Crippen molar-refractivity contribution in [2.75, 3.05) is 24.3 Å². The Kier molecular flexibility index (Phi) is 6.18. The largest absolute Gasteiger partial charge is 0.452 e. The molecule has 1 aromatic carbocycles. The average Bonchev–Trinajstić information content (AvgIpc) is 2.99. The van der Waals surface area contributed by atoms with Gasteiger partial charge in [-0.15, -0.1) is 0 Å². The van der Waals surface area contributed by atoms with E-state index in [0.29, 0.717) is 16.8 Å².